The van der Waals surface area contributed by atoms with Crippen LogP contribution in [0.1, 0.15) is 36.1 Å². The van der Waals surface area contributed by atoms with Crippen LogP contribution in [-0.2, 0) is 6.42 Å². The molecule has 2 aromatic rings. The van der Waals surface area contributed by atoms with Crippen molar-refractivity contribution in [3.8, 4) is 0 Å². The predicted octanol–water partition coefficient (Wildman–Crippen LogP) is 3.55. The van der Waals surface area contributed by atoms with Crippen molar-refractivity contribution < 1.29 is 0 Å². The minimum atomic E-state index is 0.377. The van der Waals surface area contributed by atoms with Crippen LogP contribution < -0.4 is 5.32 Å². The van der Waals surface area contributed by atoms with Crippen molar-refractivity contribution in [2.24, 2.45) is 0 Å². The van der Waals surface area contributed by atoms with E-state index in [0.717, 1.165) is 18.7 Å². The minimum Gasteiger partial charge on any atom is -0.363 e. The highest BCUT2D eigenvalue weighted by molar-refractivity contribution is 5.52. The first-order valence-electron chi connectivity index (χ1n) is 6.16. The Morgan fingerprint density at radius 3 is 2.88 bits per heavy atom. The lowest BCUT2D eigenvalue weighted by molar-refractivity contribution is 0.744. The number of nitrogens with zero attached hydrogens (tertiary/aromatic N) is 1. The van der Waals surface area contributed by atoms with Gasteiger partial charge in [0.25, 0.3) is 0 Å². The van der Waals surface area contributed by atoms with Crippen LogP contribution >= 0.6 is 0 Å². The van der Waals surface area contributed by atoms with Crippen molar-refractivity contribution in [2.75, 3.05) is 5.32 Å². The molecule has 0 fully saturated rings. The third kappa shape index (κ3) is 1.80. The van der Waals surface area contributed by atoms with Gasteiger partial charge in [0.15, 0.2) is 0 Å². The molecule has 86 valence electrons. The van der Waals surface area contributed by atoms with E-state index in [1.807, 2.05) is 12.3 Å². The Kier molecular flexibility index (Phi) is 2.56. The van der Waals surface area contributed by atoms with Crippen LogP contribution in [0.2, 0.25) is 0 Å². The quantitative estimate of drug-likeness (QED) is 0.801. The number of pyridine rings is 1. The number of hydrogen-bond donors (Lipinski definition) is 1. The number of aromatic nitrogens is 1. The molecule has 0 unspecified atom stereocenters. The molecule has 2 heterocycles. The Labute approximate surface area is 102 Å². The summed E-state index contributed by atoms with van der Waals surface area (Å²) in [5.41, 5.74) is 4.11. The highest BCUT2D eigenvalue weighted by Crippen LogP contribution is 2.32. The molecule has 1 N–H and O–H groups in total. The van der Waals surface area contributed by atoms with E-state index in [1.165, 1.54) is 16.7 Å². The van der Waals surface area contributed by atoms with Crippen LogP contribution in [0, 0.1) is 0 Å². The average molecular weight is 224 g/mol. The third-order valence-electron chi connectivity index (χ3n) is 3.42. The molecule has 1 aliphatic heterocycles. The van der Waals surface area contributed by atoms with E-state index in [1.54, 1.807) is 0 Å². The Balaban J connectivity index is 2.13. The molecule has 0 bridgehead atoms. The number of fused-ring (bicyclic) bond motifs is 2. The Bertz CT molecular complexity index is 534. The molecular weight excluding hydrogens is 208 g/mol. The van der Waals surface area contributed by atoms with Gasteiger partial charge in [0.2, 0.25) is 0 Å². The van der Waals surface area contributed by atoms with Crippen LogP contribution in [0.25, 0.3) is 0 Å². The molecule has 2 nitrogen and oxygen atoms in total. The summed E-state index contributed by atoms with van der Waals surface area (Å²) in [5, 5.41) is 3.55. The number of benzene rings is 1. The second kappa shape index (κ2) is 4.21. The highest BCUT2D eigenvalue weighted by atomic mass is 15.0. The first-order chi connectivity index (χ1) is 8.38. The van der Waals surface area contributed by atoms with Crippen molar-refractivity contribution >= 4 is 5.82 Å². The van der Waals surface area contributed by atoms with Gasteiger partial charge in [-0.25, -0.2) is 4.98 Å². The fourth-order valence-corrected chi connectivity index (χ4v) is 2.52. The maximum absolute atomic E-state index is 4.45. The summed E-state index contributed by atoms with van der Waals surface area (Å²) < 4.78 is 0. The summed E-state index contributed by atoms with van der Waals surface area (Å²) in [5.74, 6) is 1.04. The predicted molar refractivity (Wildman–Crippen MR) is 70.1 cm³/mol. The number of hydrogen-bond acceptors (Lipinski definition) is 2. The first kappa shape index (κ1) is 10.3. The molecule has 1 aromatic carbocycles. The number of rotatable bonds is 1. The Morgan fingerprint density at radius 2 is 2.00 bits per heavy atom. The molecule has 0 aliphatic carbocycles. The van der Waals surface area contributed by atoms with Gasteiger partial charge in [-0.2, -0.15) is 0 Å². The molecule has 0 saturated carbocycles. The summed E-state index contributed by atoms with van der Waals surface area (Å²) in [4.78, 5) is 4.45. The summed E-state index contributed by atoms with van der Waals surface area (Å²) in [7, 11) is 0. The van der Waals surface area contributed by atoms with Crippen molar-refractivity contribution in [3.05, 3.63) is 59.3 Å². The van der Waals surface area contributed by atoms with Gasteiger partial charge in [-0.1, -0.05) is 37.3 Å². The van der Waals surface area contributed by atoms with Crippen LogP contribution in [0.15, 0.2) is 42.6 Å². The van der Waals surface area contributed by atoms with E-state index in [0.29, 0.717) is 6.04 Å². The molecular formula is C15H16N2. The second-order valence-electron chi connectivity index (χ2n) is 4.49. The van der Waals surface area contributed by atoms with Crippen LogP contribution in [-0.4, -0.2) is 4.98 Å². The molecule has 1 aliphatic rings. The van der Waals surface area contributed by atoms with E-state index >= 15 is 0 Å². The molecule has 17 heavy (non-hydrogen) atoms. The molecule has 2 heteroatoms. The average Bonchev–Trinajstić information content (AvgIpc) is 2.54. The summed E-state index contributed by atoms with van der Waals surface area (Å²) in [6, 6.07) is 13.2. The zero-order valence-electron chi connectivity index (χ0n) is 9.98. The lowest BCUT2D eigenvalue weighted by Crippen LogP contribution is -2.10. The second-order valence-corrected chi connectivity index (χ2v) is 4.49. The summed E-state index contributed by atoms with van der Waals surface area (Å²) >= 11 is 0. The highest BCUT2D eigenvalue weighted by Gasteiger charge is 2.19. The van der Waals surface area contributed by atoms with Crippen molar-refractivity contribution in [1.82, 2.24) is 4.98 Å². The van der Waals surface area contributed by atoms with E-state index in [-0.39, 0.29) is 0 Å². The molecule has 1 aromatic heterocycles. The first-order valence-corrected chi connectivity index (χ1v) is 6.16. The fourth-order valence-electron chi connectivity index (χ4n) is 2.52. The number of anilines is 1. The molecule has 0 amide bonds. The zero-order valence-corrected chi connectivity index (χ0v) is 9.98. The molecule has 0 spiro atoms. The van der Waals surface area contributed by atoms with Crippen LogP contribution in [0.4, 0.5) is 5.82 Å². The van der Waals surface area contributed by atoms with Gasteiger partial charge < -0.3 is 5.32 Å². The van der Waals surface area contributed by atoms with Gasteiger partial charge >= 0.3 is 0 Å². The molecule has 0 saturated heterocycles. The lowest BCUT2D eigenvalue weighted by atomic mass is 9.96. The van der Waals surface area contributed by atoms with Crippen molar-refractivity contribution in [3.63, 3.8) is 0 Å². The van der Waals surface area contributed by atoms with Gasteiger partial charge in [-0.15, -0.1) is 0 Å². The normalized spacial score (nSPS) is 17.6. The summed E-state index contributed by atoms with van der Waals surface area (Å²) in [6.45, 7) is 2.21. The topological polar surface area (TPSA) is 24.9 Å². The lowest BCUT2D eigenvalue weighted by Gasteiger charge is -2.17. The van der Waals surface area contributed by atoms with Gasteiger partial charge in [0, 0.05) is 12.6 Å². The third-order valence-corrected chi connectivity index (χ3v) is 3.42. The van der Waals surface area contributed by atoms with Gasteiger partial charge in [0.1, 0.15) is 5.82 Å². The van der Waals surface area contributed by atoms with Gasteiger partial charge in [-0.05, 0) is 29.2 Å². The fraction of sp³-hybridized carbons (Fsp3) is 0.267. The van der Waals surface area contributed by atoms with E-state index in [4.69, 9.17) is 0 Å². The van der Waals surface area contributed by atoms with Crippen LogP contribution in [0.5, 0.6) is 0 Å². The Morgan fingerprint density at radius 1 is 1.18 bits per heavy atom. The minimum absolute atomic E-state index is 0.377. The van der Waals surface area contributed by atoms with E-state index < -0.39 is 0 Å². The van der Waals surface area contributed by atoms with E-state index in [2.05, 4.69) is 47.6 Å². The Hall–Kier alpha value is -1.83. The standard InChI is InChI=1S/C15H16N2/c1-2-14-13-8-4-3-6-11(13)10-12-7-5-9-16-15(12)17-14/h3-9,14H,2,10H2,1H3,(H,16,17)/t14-/m1/s1. The molecule has 0 radical (unpaired) electrons. The van der Waals surface area contributed by atoms with Gasteiger partial charge in [0.05, 0.1) is 6.04 Å². The van der Waals surface area contributed by atoms with E-state index in [9.17, 15) is 0 Å². The molecule has 3 rings (SSSR count). The van der Waals surface area contributed by atoms with Crippen LogP contribution in [0.3, 0.4) is 0 Å². The largest absolute Gasteiger partial charge is 0.363 e. The number of nitrogens with one attached hydrogen (secondary N) is 1. The SMILES string of the molecule is CC[C@H]1Nc2ncccc2Cc2ccccc21. The molecule has 1 atom stereocenters. The van der Waals surface area contributed by atoms with Crippen molar-refractivity contribution in [2.45, 2.75) is 25.8 Å². The monoisotopic (exact) mass is 224 g/mol. The van der Waals surface area contributed by atoms with Crippen molar-refractivity contribution in [1.29, 1.82) is 0 Å². The maximum atomic E-state index is 4.45. The maximum Gasteiger partial charge on any atom is 0.129 e. The smallest absolute Gasteiger partial charge is 0.129 e. The van der Waals surface area contributed by atoms with Gasteiger partial charge in [-0.3, -0.25) is 0 Å². The summed E-state index contributed by atoms with van der Waals surface area (Å²) in [6.07, 6.45) is 3.91. The zero-order chi connectivity index (χ0) is 11.7.